The molecule has 1 aliphatic heterocycles. The Kier molecular flexibility index (Phi) is 2.67. The lowest BCUT2D eigenvalue weighted by Gasteiger charge is -2.58. The molecule has 3 nitrogen and oxygen atoms in total. The minimum absolute atomic E-state index is 0.0775. The van der Waals surface area contributed by atoms with E-state index in [1.165, 1.54) is 11.1 Å². The molecule has 1 saturated heterocycles. The van der Waals surface area contributed by atoms with Crippen molar-refractivity contribution >= 4 is 0 Å². The van der Waals surface area contributed by atoms with Crippen molar-refractivity contribution in [1.29, 1.82) is 0 Å². The molecule has 2 aliphatic carbocycles. The maximum atomic E-state index is 10.4. The summed E-state index contributed by atoms with van der Waals surface area (Å²) in [7, 11) is 0. The van der Waals surface area contributed by atoms with Crippen LogP contribution in [-0.2, 0) is 11.8 Å². The predicted molar refractivity (Wildman–Crippen MR) is 77.8 cm³/mol. The lowest BCUT2D eigenvalue weighted by Crippen LogP contribution is -2.62. The summed E-state index contributed by atoms with van der Waals surface area (Å²) in [6.07, 6.45) is 3.87. The number of aliphatic hydroxyl groups excluding tert-OH is 1. The van der Waals surface area contributed by atoms with Crippen LogP contribution in [0.2, 0.25) is 0 Å². The Labute approximate surface area is 120 Å². The zero-order valence-electron chi connectivity index (χ0n) is 12.0. The topological polar surface area (TPSA) is 52.5 Å². The van der Waals surface area contributed by atoms with E-state index in [0.717, 1.165) is 32.2 Å². The lowest BCUT2D eigenvalue weighted by molar-refractivity contribution is -0.0302. The van der Waals surface area contributed by atoms with Crippen LogP contribution in [0.25, 0.3) is 0 Å². The molecule has 2 fully saturated rings. The van der Waals surface area contributed by atoms with Crippen molar-refractivity contribution < 1.29 is 10.2 Å². The molecule has 1 aromatic rings. The van der Waals surface area contributed by atoms with E-state index in [0.29, 0.717) is 23.6 Å². The van der Waals surface area contributed by atoms with E-state index in [2.05, 4.69) is 18.3 Å². The average molecular weight is 273 g/mol. The van der Waals surface area contributed by atoms with Gasteiger partial charge in [-0.05, 0) is 67.3 Å². The smallest absolute Gasteiger partial charge is 0.115 e. The molecule has 20 heavy (non-hydrogen) atoms. The zero-order chi connectivity index (χ0) is 13.9. The third kappa shape index (κ3) is 1.60. The molecule has 0 radical (unpaired) electrons. The van der Waals surface area contributed by atoms with E-state index in [1.807, 2.05) is 6.07 Å². The fourth-order valence-electron chi connectivity index (χ4n) is 5.07. The van der Waals surface area contributed by atoms with Gasteiger partial charge in [-0.1, -0.05) is 13.0 Å². The highest BCUT2D eigenvalue weighted by atomic mass is 16.3. The normalized spacial score (nSPS) is 42.7. The van der Waals surface area contributed by atoms with Crippen molar-refractivity contribution in [1.82, 2.24) is 5.32 Å². The number of piperidine rings is 1. The van der Waals surface area contributed by atoms with Gasteiger partial charge >= 0.3 is 0 Å². The molecule has 3 N–H and O–H groups in total. The summed E-state index contributed by atoms with van der Waals surface area (Å²) in [5.74, 6) is 1.35. The number of hydrogen-bond acceptors (Lipinski definition) is 3. The summed E-state index contributed by atoms with van der Waals surface area (Å²) in [6, 6.07) is 6.38. The first kappa shape index (κ1) is 12.7. The average Bonchev–Trinajstić information content (AvgIpc) is 2.41. The predicted octanol–water partition coefficient (Wildman–Crippen LogP) is 1.95. The van der Waals surface area contributed by atoms with E-state index in [4.69, 9.17) is 0 Å². The maximum absolute atomic E-state index is 10.4. The van der Waals surface area contributed by atoms with Crippen LogP contribution in [0.4, 0.5) is 0 Å². The number of phenolic OH excluding ortho intramolecular Hbond substituents is 1. The summed E-state index contributed by atoms with van der Waals surface area (Å²) in [5.41, 5.74) is 2.75. The Hall–Kier alpha value is -1.06. The molecule has 2 bridgehead atoms. The first-order chi connectivity index (χ1) is 9.60. The zero-order valence-corrected chi connectivity index (χ0v) is 12.0. The molecule has 0 amide bonds. The van der Waals surface area contributed by atoms with Crippen LogP contribution >= 0.6 is 0 Å². The van der Waals surface area contributed by atoms with Crippen LogP contribution in [-0.4, -0.2) is 28.9 Å². The largest absolute Gasteiger partial charge is 0.508 e. The van der Waals surface area contributed by atoms with E-state index in [1.54, 1.807) is 6.07 Å². The monoisotopic (exact) mass is 273 g/mol. The van der Waals surface area contributed by atoms with Gasteiger partial charge in [0.15, 0.2) is 0 Å². The van der Waals surface area contributed by atoms with Crippen LogP contribution in [0, 0.1) is 11.8 Å². The molecular formula is C17H23NO2. The Morgan fingerprint density at radius 1 is 1.35 bits per heavy atom. The second-order valence-corrected chi connectivity index (χ2v) is 7.10. The number of aromatic hydroxyl groups is 1. The van der Waals surface area contributed by atoms with E-state index >= 15 is 0 Å². The summed E-state index contributed by atoms with van der Waals surface area (Å²) in [6.45, 7) is 3.20. The van der Waals surface area contributed by atoms with Crippen molar-refractivity contribution in [2.45, 2.75) is 50.2 Å². The van der Waals surface area contributed by atoms with Gasteiger partial charge in [0, 0.05) is 11.5 Å². The number of phenols is 1. The van der Waals surface area contributed by atoms with Gasteiger partial charge in [0.1, 0.15) is 5.75 Å². The summed E-state index contributed by atoms with van der Waals surface area (Å²) < 4.78 is 0. The number of fused-ring (bicyclic) bond motifs is 1. The van der Waals surface area contributed by atoms with Crippen LogP contribution < -0.4 is 5.32 Å². The van der Waals surface area contributed by atoms with Crippen LogP contribution in [0.1, 0.15) is 37.3 Å². The van der Waals surface area contributed by atoms with Crippen LogP contribution in [0.15, 0.2) is 18.2 Å². The van der Waals surface area contributed by atoms with Crippen molar-refractivity contribution in [2.75, 3.05) is 6.54 Å². The Morgan fingerprint density at radius 3 is 3.05 bits per heavy atom. The molecular weight excluding hydrogens is 250 g/mol. The van der Waals surface area contributed by atoms with E-state index in [-0.39, 0.29) is 11.5 Å². The summed E-state index contributed by atoms with van der Waals surface area (Å²) in [4.78, 5) is 0. The fraction of sp³-hybridized carbons (Fsp3) is 0.647. The van der Waals surface area contributed by atoms with Gasteiger partial charge in [-0.15, -0.1) is 0 Å². The quantitative estimate of drug-likeness (QED) is 0.677. The highest BCUT2D eigenvalue weighted by Crippen LogP contribution is 2.55. The second-order valence-electron chi connectivity index (χ2n) is 7.10. The van der Waals surface area contributed by atoms with Gasteiger partial charge in [0.2, 0.25) is 0 Å². The molecule has 2 unspecified atom stereocenters. The van der Waals surface area contributed by atoms with E-state index < -0.39 is 0 Å². The highest BCUT2D eigenvalue weighted by Gasteiger charge is 2.54. The molecule has 4 rings (SSSR count). The number of aliphatic hydroxyl groups is 1. The number of hydrogen-bond donors (Lipinski definition) is 3. The third-order valence-electron chi connectivity index (χ3n) is 6.10. The minimum Gasteiger partial charge on any atom is -0.508 e. The first-order valence-electron chi connectivity index (χ1n) is 7.84. The first-order valence-corrected chi connectivity index (χ1v) is 7.84. The molecule has 1 aromatic carbocycles. The molecule has 0 spiro atoms. The van der Waals surface area contributed by atoms with Gasteiger partial charge in [-0.2, -0.15) is 0 Å². The maximum Gasteiger partial charge on any atom is 0.115 e. The van der Waals surface area contributed by atoms with Gasteiger partial charge in [-0.25, -0.2) is 0 Å². The number of rotatable bonds is 0. The third-order valence-corrected chi connectivity index (χ3v) is 6.10. The highest BCUT2D eigenvalue weighted by molar-refractivity contribution is 5.45. The minimum atomic E-state index is -0.210. The molecule has 1 heterocycles. The summed E-state index contributed by atoms with van der Waals surface area (Å²) in [5, 5.41) is 24.0. The van der Waals surface area contributed by atoms with Gasteiger partial charge in [-0.3, -0.25) is 0 Å². The molecule has 3 heteroatoms. The Morgan fingerprint density at radius 2 is 2.20 bits per heavy atom. The molecule has 1 saturated carbocycles. The van der Waals surface area contributed by atoms with Crippen molar-refractivity contribution in [3.8, 4) is 5.75 Å². The molecule has 0 aromatic heterocycles. The Bertz CT molecular complexity index is 544. The van der Waals surface area contributed by atoms with Crippen molar-refractivity contribution in [3.05, 3.63) is 29.3 Å². The van der Waals surface area contributed by atoms with Crippen LogP contribution in [0.3, 0.4) is 0 Å². The summed E-state index contributed by atoms with van der Waals surface area (Å²) >= 11 is 0. The molecule has 5 atom stereocenters. The standard InChI is InChI=1S/C17H23NO2/c1-10-6-14-15-7-11-2-3-12(19)8-13(11)17(14,4-5-18-15)9-16(10)20/h2-3,8,10,14-16,18-20H,4-7,9H2,1H3/t10?,14-,15+,16?,17+/m0/s1. The van der Waals surface area contributed by atoms with Crippen molar-refractivity contribution in [3.63, 3.8) is 0 Å². The van der Waals surface area contributed by atoms with E-state index in [9.17, 15) is 10.2 Å². The SMILES string of the molecule is CC1C[C@H]2[C@H]3Cc4ccc(O)cc4[C@@]2(CCN3)CC1O. The number of benzene rings is 1. The lowest BCUT2D eigenvalue weighted by atomic mass is 9.51. The van der Waals surface area contributed by atoms with Crippen molar-refractivity contribution in [2.24, 2.45) is 11.8 Å². The van der Waals surface area contributed by atoms with Gasteiger partial charge in [0.05, 0.1) is 6.10 Å². The fourth-order valence-corrected chi connectivity index (χ4v) is 5.07. The van der Waals surface area contributed by atoms with Gasteiger partial charge in [0.25, 0.3) is 0 Å². The number of nitrogens with one attached hydrogen (secondary N) is 1. The molecule has 108 valence electrons. The van der Waals surface area contributed by atoms with Gasteiger partial charge < -0.3 is 15.5 Å². The second kappa shape index (κ2) is 4.22. The van der Waals surface area contributed by atoms with Crippen LogP contribution in [0.5, 0.6) is 5.75 Å². The molecule has 3 aliphatic rings. The Balaban J connectivity index is 1.88.